The average Bonchev–Trinajstić information content (AvgIpc) is 3.09. The van der Waals surface area contributed by atoms with Gasteiger partial charge in [-0.15, -0.1) is 0 Å². The first-order valence-electron chi connectivity index (χ1n) is 8.80. The van der Waals surface area contributed by atoms with E-state index in [-0.39, 0.29) is 5.91 Å². The number of hydrogen-bond acceptors (Lipinski definition) is 5. The molecule has 2 aliphatic rings. The topological polar surface area (TPSA) is 52.6 Å². The predicted molar refractivity (Wildman–Crippen MR) is 91.9 cm³/mol. The number of hydrogen-bond donors (Lipinski definition) is 0. The van der Waals surface area contributed by atoms with Gasteiger partial charge in [-0.2, -0.15) is 0 Å². The monoisotopic (exact) mass is 317 g/mol. The molecule has 0 radical (unpaired) electrons. The van der Waals surface area contributed by atoms with Crippen molar-refractivity contribution in [1.82, 2.24) is 14.9 Å². The summed E-state index contributed by atoms with van der Waals surface area (Å²) < 4.78 is 0. The van der Waals surface area contributed by atoms with E-state index in [1.807, 2.05) is 11.8 Å². The fourth-order valence-electron chi connectivity index (χ4n) is 3.36. The summed E-state index contributed by atoms with van der Waals surface area (Å²) in [6.07, 6.45) is 4.07. The maximum atomic E-state index is 12.0. The summed E-state index contributed by atoms with van der Waals surface area (Å²) in [5.74, 6) is 3.16. The second kappa shape index (κ2) is 7.15. The maximum absolute atomic E-state index is 12.0. The van der Waals surface area contributed by atoms with E-state index in [9.17, 15) is 4.79 Å². The van der Waals surface area contributed by atoms with Crippen molar-refractivity contribution in [1.29, 1.82) is 0 Å². The number of carbonyl (C=O) groups excluding carboxylic acids is 1. The number of amides is 1. The molecule has 0 saturated carbocycles. The number of carbonyl (C=O) groups is 1. The van der Waals surface area contributed by atoms with Crippen molar-refractivity contribution in [2.45, 2.75) is 39.5 Å². The third-order valence-corrected chi connectivity index (χ3v) is 4.66. The fraction of sp³-hybridized carbons (Fsp3) is 0.706. The molecule has 6 nitrogen and oxygen atoms in total. The van der Waals surface area contributed by atoms with Gasteiger partial charge in [0.1, 0.15) is 17.5 Å². The van der Waals surface area contributed by atoms with Crippen molar-refractivity contribution in [2.24, 2.45) is 0 Å². The van der Waals surface area contributed by atoms with Crippen molar-refractivity contribution >= 4 is 17.5 Å². The van der Waals surface area contributed by atoms with Crippen LogP contribution in [0, 0.1) is 6.92 Å². The van der Waals surface area contributed by atoms with Gasteiger partial charge in [0.2, 0.25) is 5.91 Å². The zero-order chi connectivity index (χ0) is 16.2. The molecule has 0 aromatic carbocycles. The van der Waals surface area contributed by atoms with Crippen LogP contribution in [0.1, 0.15) is 38.4 Å². The zero-order valence-electron chi connectivity index (χ0n) is 14.3. The van der Waals surface area contributed by atoms with Gasteiger partial charge in [0.05, 0.1) is 0 Å². The molecule has 0 bridgehead atoms. The Morgan fingerprint density at radius 2 is 1.57 bits per heavy atom. The number of aromatic nitrogens is 2. The van der Waals surface area contributed by atoms with Crippen LogP contribution in [-0.4, -0.2) is 60.0 Å². The fourth-order valence-corrected chi connectivity index (χ4v) is 3.36. The van der Waals surface area contributed by atoms with Crippen LogP contribution >= 0.6 is 0 Å². The summed E-state index contributed by atoms with van der Waals surface area (Å²) in [6, 6.07) is 2.11. The van der Waals surface area contributed by atoms with E-state index in [2.05, 4.69) is 32.8 Å². The first-order chi connectivity index (χ1) is 11.2. The van der Waals surface area contributed by atoms with Gasteiger partial charge < -0.3 is 14.7 Å². The summed E-state index contributed by atoms with van der Waals surface area (Å²) in [5, 5.41) is 0. The molecular weight excluding hydrogens is 290 g/mol. The van der Waals surface area contributed by atoms with Crippen molar-refractivity contribution in [3.63, 3.8) is 0 Å². The van der Waals surface area contributed by atoms with E-state index in [0.717, 1.165) is 63.1 Å². The number of anilines is 2. The largest absolute Gasteiger partial charge is 0.356 e. The van der Waals surface area contributed by atoms with Crippen LogP contribution in [0.2, 0.25) is 0 Å². The molecule has 0 aliphatic carbocycles. The van der Waals surface area contributed by atoms with E-state index in [4.69, 9.17) is 0 Å². The van der Waals surface area contributed by atoms with Crippen LogP contribution in [0.5, 0.6) is 0 Å². The summed E-state index contributed by atoms with van der Waals surface area (Å²) in [6.45, 7) is 9.49. The number of piperazine rings is 1. The molecule has 1 aromatic heterocycles. The van der Waals surface area contributed by atoms with Gasteiger partial charge in [-0.3, -0.25) is 4.79 Å². The Labute approximate surface area is 138 Å². The third-order valence-electron chi connectivity index (χ3n) is 4.66. The molecule has 2 aliphatic heterocycles. The minimum Gasteiger partial charge on any atom is -0.356 e. The van der Waals surface area contributed by atoms with Gasteiger partial charge in [-0.1, -0.05) is 6.92 Å². The normalized spacial score (nSPS) is 18.6. The van der Waals surface area contributed by atoms with Crippen LogP contribution < -0.4 is 9.80 Å². The molecule has 3 heterocycles. The van der Waals surface area contributed by atoms with Gasteiger partial charge in [-0.05, 0) is 26.2 Å². The molecule has 0 atom stereocenters. The number of aryl methyl sites for hydroxylation is 1. The highest BCUT2D eigenvalue weighted by Crippen LogP contribution is 2.23. The summed E-state index contributed by atoms with van der Waals surface area (Å²) in [4.78, 5) is 27.8. The summed E-state index contributed by atoms with van der Waals surface area (Å²) in [7, 11) is 0. The Balaban J connectivity index is 1.67. The number of rotatable bonds is 4. The van der Waals surface area contributed by atoms with Crippen LogP contribution in [-0.2, 0) is 4.79 Å². The molecule has 0 spiro atoms. The molecule has 126 valence electrons. The minimum atomic E-state index is 0.281. The molecule has 1 aromatic rings. The molecule has 23 heavy (non-hydrogen) atoms. The Kier molecular flexibility index (Phi) is 4.98. The van der Waals surface area contributed by atoms with Crippen molar-refractivity contribution in [2.75, 3.05) is 49.1 Å². The zero-order valence-corrected chi connectivity index (χ0v) is 14.3. The summed E-state index contributed by atoms with van der Waals surface area (Å²) >= 11 is 0. The lowest BCUT2D eigenvalue weighted by Gasteiger charge is -2.35. The lowest BCUT2D eigenvalue weighted by Crippen LogP contribution is -2.49. The lowest BCUT2D eigenvalue weighted by atomic mass is 10.2. The second-order valence-corrected chi connectivity index (χ2v) is 6.44. The maximum Gasteiger partial charge on any atom is 0.222 e. The van der Waals surface area contributed by atoms with Gasteiger partial charge >= 0.3 is 0 Å². The molecule has 0 unspecified atom stereocenters. The van der Waals surface area contributed by atoms with Gasteiger partial charge in [0.15, 0.2) is 0 Å². The summed E-state index contributed by atoms with van der Waals surface area (Å²) in [5.41, 5.74) is 0. The van der Waals surface area contributed by atoms with Crippen molar-refractivity contribution in [3.8, 4) is 0 Å². The Morgan fingerprint density at radius 3 is 2.13 bits per heavy atom. The Bertz CT molecular complexity index is 548. The molecular formula is C17H27N5O. The van der Waals surface area contributed by atoms with Crippen molar-refractivity contribution in [3.05, 3.63) is 11.9 Å². The van der Waals surface area contributed by atoms with Gasteiger partial charge in [-0.25, -0.2) is 9.97 Å². The minimum absolute atomic E-state index is 0.281. The number of nitrogens with zero attached hydrogens (tertiary/aromatic N) is 5. The van der Waals surface area contributed by atoms with Crippen LogP contribution in [0.25, 0.3) is 0 Å². The SMILES string of the molecule is CCCC(=O)N1CCN(c2cc(N3CCCC3)nc(C)n2)CC1. The van der Waals surface area contributed by atoms with E-state index in [1.165, 1.54) is 12.8 Å². The first-order valence-corrected chi connectivity index (χ1v) is 8.80. The quantitative estimate of drug-likeness (QED) is 0.848. The lowest BCUT2D eigenvalue weighted by molar-refractivity contribution is -0.131. The molecule has 3 rings (SSSR count). The highest BCUT2D eigenvalue weighted by atomic mass is 16.2. The predicted octanol–water partition coefficient (Wildman–Crippen LogP) is 1.83. The van der Waals surface area contributed by atoms with Crippen molar-refractivity contribution < 1.29 is 4.79 Å². The smallest absolute Gasteiger partial charge is 0.222 e. The van der Waals surface area contributed by atoms with E-state index < -0.39 is 0 Å². The van der Waals surface area contributed by atoms with E-state index in [0.29, 0.717) is 6.42 Å². The third kappa shape index (κ3) is 3.74. The average molecular weight is 317 g/mol. The van der Waals surface area contributed by atoms with E-state index in [1.54, 1.807) is 0 Å². The Morgan fingerprint density at radius 1 is 1.00 bits per heavy atom. The Hall–Kier alpha value is -1.85. The second-order valence-electron chi connectivity index (χ2n) is 6.44. The molecule has 1 amide bonds. The van der Waals surface area contributed by atoms with Crippen LogP contribution in [0.15, 0.2) is 6.07 Å². The standard InChI is InChI=1S/C17H27N5O/c1-3-6-17(23)22-11-9-21(10-12-22)16-13-15(18-14(2)19-16)20-7-4-5-8-20/h13H,3-12H2,1-2H3. The van der Waals surface area contributed by atoms with Crippen LogP contribution in [0.4, 0.5) is 11.6 Å². The van der Waals surface area contributed by atoms with Crippen LogP contribution in [0.3, 0.4) is 0 Å². The molecule has 0 N–H and O–H groups in total. The van der Waals surface area contributed by atoms with E-state index >= 15 is 0 Å². The molecule has 2 fully saturated rings. The molecule has 2 saturated heterocycles. The van der Waals surface area contributed by atoms with Gasteiger partial charge in [0, 0.05) is 51.8 Å². The first kappa shape index (κ1) is 16.0. The highest BCUT2D eigenvalue weighted by molar-refractivity contribution is 5.76. The molecule has 6 heteroatoms. The van der Waals surface area contributed by atoms with Gasteiger partial charge in [0.25, 0.3) is 0 Å². The highest BCUT2D eigenvalue weighted by Gasteiger charge is 2.23.